The molecule has 10 heteroatoms. The van der Waals surface area contributed by atoms with Crippen molar-refractivity contribution >= 4 is 58.3 Å². The molecule has 0 unspecified atom stereocenters. The number of benzene rings is 2. The number of anilines is 1. The summed E-state index contributed by atoms with van der Waals surface area (Å²) in [6, 6.07) is 13.0. The van der Waals surface area contributed by atoms with Gasteiger partial charge in [0.25, 0.3) is 0 Å². The summed E-state index contributed by atoms with van der Waals surface area (Å²) >= 11 is 15.1. The van der Waals surface area contributed by atoms with E-state index in [1.807, 2.05) is 35.8 Å². The predicted octanol–water partition coefficient (Wildman–Crippen LogP) is 5.78. The fourth-order valence-electron chi connectivity index (χ4n) is 2.80. The van der Waals surface area contributed by atoms with Crippen molar-refractivity contribution in [1.29, 1.82) is 0 Å². The molecule has 6 nitrogen and oxygen atoms in total. The molecule has 0 spiro atoms. The van der Waals surface area contributed by atoms with Crippen molar-refractivity contribution in [3.63, 3.8) is 0 Å². The lowest BCUT2D eigenvalue weighted by Crippen LogP contribution is -2.15. The number of halogens is 2. The van der Waals surface area contributed by atoms with Gasteiger partial charge in [0.05, 0.1) is 34.3 Å². The Balaban J connectivity index is 1.54. The van der Waals surface area contributed by atoms with Gasteiger partial charge in [-0.2, -0.15) is 0 Å². The average molecular weight is 497 g/mol. The molecule has 31 heavy (non-hydrogen) atoms. The predicted molar refractivity (Wildman–Crippen MR) is 130 cm³/mol. The average Bonchev–Trinajstić information content (AvgIpc) is 3.17. The molecule has 0 aliphatic rings. The van der Waals surface area contributed by atoms with Gasteiger partial charge in [0, 0.05) is 12.3 Å². The minimum atomic E-state index is -0.129. The zero-order valence-corrected chi connectivity index (χ0v) is 20.2. The smallest absolute Gasteiger partial charge is 0.234 e. The van der Waals surface area contributed by atoms with E-state index in [0.29, 0.717) is 27.2 Å². The molecule has 0 aliphatic carbocycles. The van der Waals surface area contributed by atoms with Crippen LogP contribution in [0.2, 0.25) is 10.0 Å². The molecule has 3 rings (SSSR count). The van der Waals surface area contributed by atoms with Crippen LogP contribution in [0.3, 0.4) is 0 Å². The SMILES string of the molecule is CCn1c(CSCc2ccc(Cl)c(Cl)c2)nnc1SCC(=O)Nc1ccccc1OC. The number of methoxy groups -OCH3 is 1. The normalized spacial score (nSPS) is 10.8. The molecular formula is C21H22Cl2N4O2S2. The summed E-state index contributed by atoms with van der Waals surface area (Å²) in [6.45, 7) is 2.77. The van der Waals surface area contributed by atoms with Gasteiger partial charge in [-0.25, -0.2) is 0 Å². The molecule has 0 atom stereocenters. The van der Waals surface area contributed by atoms with Crippen LogP contribution in [0.4, 0.5) is 5.69 Å². The largest absolute Gasteiger partial charge is 0.495 e. The van der Waals surface area contributed by atoms with Gasteiger partial charge >= 0.3 is 0 Å². The van der Waals surface area contributed by atoms with E-state index in [9.17, 15) is 4.79 Å². The van der Waals surface area contributed by atoms with Crippen molar-refractivity contribution in [2.75, 3.05) is 18.2 Å². The summed E-state index contributed by atoms with van der Waals surface area (Å²) in [5, 5.41) is 13.3. The number of aromatic nitrogens is 3. The van der Waals surface area contributed by atoms with Gasteiger partial charge in [0.1, 0.15) is 11.6 Å². The molecule has 1 heterocycles. The van der Waals surface area contributed by atoms with Gasteiger partial charge in [0.15, 0.2) is 5.16 Å². The number of nitrogens with zero attached hydrogens (tertiary/aromatic N) is 3. The number of thioether (sulfide) groups is 2. The van der Waals surface area contributed by atoms with Gasteiger partial charge in [0.2, 0.25) is 5.91 Å². The third-order valence-electron chi connectivity index (χ3n) is 4.31. The van der Waals surface area contributed by atoms with E-state index in [1.54, 1.807) is 37.1 Å². The highest BCUT2D eigenvalue weighted by atomic mass is 35.5. The fraction of sp³-hybridized carbons (Fsp3) is 0.286. The van der Waals surface area contributed by atoms with E-state index in [0.717, 1.165) is 28.8 Å². The number of ether oxygens (including phenoxy) is 1. The van der Waals surface area contributed by atoms with Crippen LogP contribution in [0.25, 0.3) is 0 Å². The molecule has 164 valence electrons. The van der Waals surface area contributed by atoms with Crippen LogP contribution in [0, 0.1) is 0 Å². The lowest BCUT2D eigenvalue weighted by atomic mass is 10.2. The second-order valence-corrected chi connectivity index (χ2v) is 9.16. The van der Waals surface area contributed by atoms with E-state index in [-0.39, 0.29) is 11.7 Å². The summed E-state index contributed by atoms with van der Waals surface area (Å²) < 4.78 is 7.30. The number of carbonyl (C=O) groups excluding carboxylic acids is 1. The molecule has 1 N–H and O–H groups in total. The van der Waals surface area contributed by atoms with Gasteiger partial charge in [-0.3, -0.25) is 4.79 Å². The minimum Gasteiger partial charge on any atom is -0.495 e. The van der Waals surface area contributed by atoms with Crippen molar-refractivity contribution in [3.05, 3.63) is 63.9 Å². The number of carbonyl (C=O) groups is 1. The summed E-state index contributed by atoms with van der Waals surface area (Å²) in [5.41, 5.74) is 1.75. The van der Waals surface area contributed by atoms with Gasteiger partial charge < -0.3 is 14.6 Å². The number of hydrogen-bond donors (Lipinski definition) is 1. The van der Waals surface area contributed by atoms with E-state index >= 15 is 0 Å². The Labute approximate surface area is 200 Å². The molecule has 0 bridgehead atoms. The van der Waals surface area contributed by atoms with Crippen molar-refractivity contribution in [1.82, 2.24) is 14.8 Å². The van der Waals surface area contributed by atoms with Crippen molar-refractivity contribution in [3.8, 4) is 5.75 Å². The second-order valence-electron chi connectivity index (χ2n) is 6.42. The van der Waals surface area contributed by atoms with Crippen LogP contribution in [-0.2, 0) is 22.8 Å². The van der Waals surface area contributed by atoms with Crippen LogP contribution in [0.5, 0.6) is 5.75 Å². The molecule has 3 aromatic rings. The maximum atomic E-state index is 12.4. The van der Waals surface area contributed by atoms with E-state index in [4.69, 9.17) is 27.9 Å². The van der Waals surface area contributed by atoms with Crippen LogP contribution < -0.4 is 10.1 Å². The lowest BCUT2D eigenvalue weighted by molar-refractivity contribution is -0.113. The third-order valence-corrected chi connectivity index (χ3v) is 7.01. The maximum absolute atomic E-state index is 12.4. The zero-order valence-electron chi connectivity index (χ0n) is 17.1. The van der Waals surface area contributed by atoms with Gasteiger partial charge in [-0.1, -0.05) is 53.2 Å². The number of hydrogen-bond acceptors (Lipinski definition) is 6. The molecule has 0 saturated heterocycles. The zero-order chi connectivity index (χ0) is 22.2. The Bertz CT molecular complexity index is 1050. The van der Waals surface area contributed by atoms with Crippen molar-refractivity contribution in [2.24, 2.45) is 0 Å². The summed E-state index contributed by atoms with van der Waals surface area (Å²) in [4.78, 5) is 12.4. The standard InChI is InChI=1S/C21H22Cl2N4O2S2/c1-3-27-19(12-30-11-14-8-9-15(22)16(23)10-14)25-26-21(27)31-13-20(28)24-17-6-4-5-7-18(17)29-2/h4-10H,3,11-13H2,1-2H3,(H,24,28). The first-order valence-electron chi connectivity index (χ1n) is 9.51. The number of rotatable bonds is 10. The molecule has 1 aromatic heterocycles. The molecule has 0 radical (unpaired) electrons. The van der Waals surface area contributed by atoms with E-state index in [2.05, 4.69) is 15.5 Å². The topological polar surface area (TPSA) is 69.0 Å². The van der Waals surface area contributed by atoms with Gasteiger partial charge in [-0.15, -0.1) is 22.0 Å². The molecule has 2 aromatic carbocycles. The first-order chi connectivity index (χ1) is 15.0. The number of nitrogens with one attached hydrogen (secondary N) is 1. The molecule has 0 fully saturated rings. The Hall–Kier alpha value is -1.87. The maximum Gasteiger partial charge on any atom is 0.234 e. The summed E-state index contributed by atoms with van der Waals surface area (Å²) in [7, 11) is 1.57. The van der Waals surface area contributed by atoms with Crippen LogP contribution in [-0.4, -0.2) is 33.5 Å². The second kappa shape index (κ2) is 11.7. The highest BCUT2D eigenvalue weighted by Gasteiger charge is 2.14. The number of para-hydroxylation sites is 2. The number of amides is 1. The quantitative estimate of drug-likeness (QED) is 0.358. The third kappa shape index (κ3) is 6.55. The van der Waals surface area contributed by atoms with Crippen LogP contribution in [0.15, 0.2) is 47.6 Å². The fourth-order valence-corrected chi connectivity index (χ4v) is 4.86. The highest BCUT2D eigenvalue weighted by Crippen LogP contribution is 2.27. The van der Waals surface area contributed by atoms with Crippen molar-refractivity contribution < 1.29 is 9.53 Å². The Kier molecular flexibility index (Phi) is 8.95. The van der Waals surface area contributed by atoms with Gasteiger partial charge in [-0.05, 0) is 36.8 Å². The van der Waals surface area contributed by atoms with Crippen LogP contribution >= 0.6 is 46.7 Å². The summed E-state index contributed by atoms with van der Waals surface area (Å²) in [5.74, 6) is 3.09. The molecular weight excluding hydrogens is 475 g/mol. The first-order valence-corrected chi connectivity index (χ1v) is 12.4. The summed E-state index contributed by atoms with van der Waals surface area (Å²) in [6.07, 6.45) is 0. The first kappa shape index (κ1) is 23.8. The lowest BCUT2D eigenvalue weighted by Gasteiger charge is -2.10. The highest BCUT2D eigenvalue weighted by molar-refractivity contribution is 7.99. The van der Waals surface area contributed by atoms with E-state index < -0.39 is 0 Å². The molecule has 1 amide bonds. The monoisotopic (exact) mass is 496 g/mol. The Morgan fingerprint density at radius 2 is 1.94 bits per heavy atom. The molecule has 0 aliphatic heterocycles. The Morgan fingerprint density at radius 1 is 1.13 bits per heavy atom. The Morgan fingerprint density at radius 3 is 2.68 bits per heavy atom. The minimum absolute atomic E-state index is 0.129. The van der Waals surface area contributed by atoms with E-state index in [1.165, 1.54) is 11.8 Å². The van der Waals surface area contributed by atoms with Crippen LogP contribution in [0.1, 0.15) is 18.3 Å². The van der Waals surface area contributed by atoms with Crippen molar-refractivity contribution in [2.45, 2.75) is 30.1 Å². The molecule has 0 saturated carbocycles.